The molecule has 9 heterocycles. The number of carbonyl (C=O) groups is 9. The molecule has 7 aliphatic heterocycles. The maximum Gasteiger partial charge on any atom is 1.00 e. The number of methoxy groups -OCH3 is 2. The predicted octanol–water partition coefficient (Wildman–Crippen LogP) is 2.41. The molecule has 136 heavy (non-hydrogen) atoms. The van der Waals surface area contributed by atoms with Crippen molar-refractivity contribution in [2.45, 2.75) is 289 Å². The zero-order chi connectivity index (χ0) is 101. The van der Waals surface area contributed by atoms with Crippen molar-refractivity contribution in [1.82, 2.24) is 55.0 Å². The monoisotopic (exact) mass is 1980 g/mol. The number of likely N-dealkylation sites (N-methyl/N-ethyl adjacent to an activating group) is 2. The molecule has 2 aromatic carbocycles. The van der Waals surface area contributed by atoms with Crippen molar-refractivity contribution in [1.29, 1.82) is 0 Å². The number of rotatable bonds is 22. The van der Waals surface area contributed by atoms with Crippen molar-refractivity contribution >= 4 is 88.9 Å². The number of esters is 2. The summed E-state index contributed by atoms with van der Waals surface area (Å²) in [6.45, 7) is 32.2. The number of nitrogens with one attached hydrogen (secondary N) is 1. The van der Waals surface area contributed by atoms with Crippen LogP contribution in [-0.4, -0.2) is 307 Å². The summed E-state index contributed by atoms with van der Waals surface area (Å²) in [5, 5.41) is 62.9. The first-order valence-electron chi connectivity index (χ1n) is 44.8. The van der Waals surface area contributed by atoms with Crippen LogP contribution in [0.5, 0.6) is 0 Å². The zero-order valence-electron chi connectivity index (χ0n) is 82.8. The molecular formula is C91H137FK2N16O25S. The average Bonchev–Trinajstić information content (AvgIpc) is 2.05. The van der Waals surface area contributed by atoms with Crippen molar-refractivity contribution in [3.8, 4) is 22.5 Å². The van der Waals surface area contributed by atoms with Gasteiger partial charge in [-0.05, 0) is 178 Å². The summed E-state index contributed by atoms with van der Waals surface area (Å²) in [5.41, 5.74) is 22.3. The van der Waals surface area contributed by atoms with Gasteiger partial charge in [-0.15, -0.1) is 10.2 Å². The van der Waals surface area contributed by atoms with E-state index in [1.54, 1.807) is 74.1 Å². The molecule has 7 aliphatic rings. The van der Waals surface area contributed by atoms with Gasteiger partial charge in [-0.25, -0.2) is 9.59 Å². The molecule has 6 fully saturated rings. The Hall–Kier alpha value is -6.91. The summed E-state index contributed by atoms with van der Waals surface area (Å²) in [4.78, 5) is 140. The molecule has 0 bridgehead atoms. The SMILES string of the molecule is C=C1C(=O)[C@H](C)C[C@@](C)(OC)[C@H](O[C@@H]2OC(C)CC(N(C)C)C2O)[C@@H](C)C(=O)[C@@H](C)C(=O)O[C@H](CC)[C@@]2(C)OC(=O)N(CCCCn3cc(-c4cccc(N)c4)nn3)[C@H]12.CC(=O)O.CC[C@H]1OC(=O)[C@H](C)C(=O)[C@H](C)[C@@H](O[C@@H]2OC(C)CC(N(C)C)C2O)[C@](C)(OC)C[C@@H](C)C2=NNC[C@@H]2[C@H]2N(CCCCn3cc(-c4cccc(N)c4)nn3)C(=O)O[C@]12C.CSF.O=C=O.[K+].[K+].[N-]=NC(=O)[O-]. The summed E-state index contributed by atoms with van der Waals surface area (Å²) in [6, 6.07) is 12.7. The van der Waals surface area contributed by atoms with Crippen molar-refractivity contribution < 1.29 is 227 Å². The maximum absolute atomic E-state index is 14.6. The van der Waals surface area contributed by atoms with Crippen LogP contribution in [0.4, 0.5) is 29.6 Å². The summed E-state index contributed by atoms with van der Waals surface area (Å²) < 4.78 is 76.5. The number of ketones is 3. The average molecular weight is 1980 g/mol. The Kier molecular flexibility index (Phi) is 49.5. The molecule has 2 aromatic heterocycles. The van der Waals surface area contributed by atoms with Crippen molar-refractivity contribution in [3.63, 3.8) is 0 Å². The van der Waals surface area contributed by atoms with Crippen LogP contribution < -0.4 is 125 Å². The van der Waals surface area contributed by atoms with Crippen molar-refractivity contribution in [2.24, 2.45) is 51.6 Å². The number of amides is 3. The fourth-order valence-electron chi connectivity index (χ4n) is 19.0. The molecule has 8 N–H and O–H groups in total. The Morgan fingerprint density at radius 2 is 1.05 bits per heavy atom. The number of nitrogen functional groups attached to an aromatic ring is 2. The molecule has 0 radical (unpaired) electrons. The molecule has 6 unspecified atom stereocenters. The van der Waals surface area contributed by atoms with Gasteiger partial charge in [-0.1, -0.05) is 82.8 Å². The minimum atomic E-state index is -1.81. The Labute approximate surface area is 884 Å². The Morgan fingerprint density at radius 3 is 1.43 bits per heavy atom. The number of carbonyl (C=O) groups excluding carboxylic acids is 10. The van der Waals surface area contributed by atoms with E-state index < -0.39 is 161 Å². The van der Waals surface area contributed by atoms with E-state index >= 15 is 0 Å². The Morgan fingerprint density at radius 1 is 0.676 bits per heavy atom. The molecule has 25 atom stereocenters. The zero-order valence-corrected chi connectivity index (χ0v) is 89.9. The number of Topliss-reactive ketones (excluding diaryl/α,β-unsaturated/α-hetero) is 3. The van der Waals surface area contributed by atoms with Gasteiger partial charge in [0.1, 0.15) is 59.8 Å². The second-order valence-corrected chi connectivity index (χ2v) is 36.6. The maximum atomic E-state index is 14.6. The molecule has 6 saturated heterocycles. The van der Waals surface area contributed by atoms with Crippen molar-refractivity contribution in [3.05, 3.63) is 78.6 Å². The molecule has 746 valence electrons. The van der Waals surface area contributed by atoms with Crippen LogP contribution >= 0.6 is 12.1 Å². The Balaban J connectivity index is 0.000000488. The first-order valence-corrected chi connectivity index (χ1v) is 46.0. The number of cyclic esters (lactones) is 2. The first kappa shape index (κ1) is 121. The minimum Gasteiger partial charge on any atom is -0.705 e. The quantitative estimate of drug-likeness (QED) is 0.00961. The van der Waals surface area contributed by atoms with Crippen LogP contribution in [0.15, 0.2) is 83.3 Å². The summed E-state index contributed by atoms with van der Waals surface area (Å²) in [6.07, 6.45) is -1.87. The van der Waals surface area contributed by atoms with Gasteiger partial charge in [0.25, 0.3) is 5.97 Å². The third-order valence-corrected chi connectivity index (χ3v) is 25.9. The normalized spacial score (nSPS) is 31.9. The summed E-state index contributed by atoms with van der Waals surface area (Å²) in [5.74, 6) is -9.27. The number of aliphatic hydroxyl groups excluding tert-OH is 2. The fourth-order valence-corrected chi connectivity index (χ4v) is 19.0. The number of halogens is 1. The first-order chi connectivity index (χ1) is 63.0. The van der Waals surface area contributed by atoms with E-state index in [0.717, 1.165) is 29.5 Å². The minimum absolute atomic E-state index is 0. The van der Waals surface area contributed by atoms with E-state index in [4.69, 9.17) is 98.9 Å². The van der Waals surface area contributed by atoms with Gasteiger partial charge in [0.15, 0.2) is 41.1 Å². The standard InChI is InChI=1S/C43H66N8O9.C43H64N6O10.C2H4O2.CH3FS.CHN2O2.CO2.2K/c1-11-33-43(7)37(51(41(55)60-43)18-13-12-17-50-23-31(46-48-50)28-15-14-16-29(44)20-28)30-22-45-47-34(30)24(2)21-42(6,56-10)38(26(4)35(52)27(5)39(54)58-33)59-40-36(53)32(49(8)9)19-25(3)57-40;1-12-33-43(8)37(49(41(54)59-43)19-14-13-18-48-23-31(45-46-48)29-16-15-17-30(44)21-29)26(4)34(50)24(2)22-42(7,55-11)38(27(5)35(51)28(6)39(53)57-33)58-40-36(52)32(47(9)10)20-25(3)56-40;1-2(3)4;1-3-2;2-3-1(4)5;2-1-3;;/h14-16,20,23-27,30,32-33,36-38,40,45,53H,11-13,17-19,21-22,44H2,1-10H3;15-17,21,23-25,27-28,32-33,36-38,40,52H,4,12-14,18-20,22,44H2,1-3,5-11H3;1H3,(H,3,4);1H3;(H,4,5);;;/q;;;;-1;;2*+1/p-1/t24-,25?,26+,27-,30+,32?,33-,36?,37-,38-,40+,42-,43-;24-,25?,27+,28-,32?,33-,36?,37-,38-,40+,42-,43-;;;;;;/m11....../s1. The van der Waals surface area contributed by atoms with Crippen LogP contribution in [0.2, 0.25) is 0 Å². The van der Waals surface area contributed by atoms with Gasteiger partial charge >= 0.3 is 133 Å². The second kappa shape index (κ2) is 55.5. The molecule has 41 nitrogen and oxygen atoms in total. The third kappa shape index (κ3) is 31.1. The number of ether oxygens (including phenoxy) is 10. The van der Waals surface area contributed by atoms with Gasteiger partial charge < -0.3 is 115 Å². The molecule has 4 aromatic rings. The number of aryl methyl sites for hydroxylation is 2. The van der Waals surface area contributed by atoms with Crippen LogP contribution in [0.1, 0.15) is 168 Å². The number of hydrogen-bond donors (Lipinski definition) is 6. The van der Waals surface area contributed by atoms with Gasteiger partial charge in [-0.3, -0.25) is 43.0 Å². The van der Waals surface area contributed by atoms with Crippen LogP contribution in [0, 0.1) is 41.4 Å². The van der Waals surface area contributed by atoms with E-state index in [2.05, 4.69) is 39.6 Å². The number of hydrazone groups is 1. The van der Waals surface area contributed by atoms with Crippen LogP contribution in [0.25, 0.3) is 28.0 Å². The van der Waals surface area contributed by atoms with Crippen molar-refractivity contribution in [2.75, 3.05) is 79.8 Å². The molecular weight excluding hydrogens is 1850 g/mol. The smallest absolute Gasteiger partial charge is 0.705 e. The van der Waals surface area contributed by atoms with Crippen LogP contribution in [-0.2, 0) is 98.8 Å². The number of anilines is 2. The number of aliphatic carboxylic acids is 1. The molecule has 11 rings (SSSR count). The molecule has 0 saturated carbocycles. The van der Waals surface area contributed by atoms with E-state index in [9.17, 15) is 47.7 Å². The van der Waals surface area contributed by atoms with Gasteiger partial charge in [0, 0.05) is 142 Å². The van der Waals surface area contributed by atoms with Gasteiger partial charge in [0.05, 0.1) is 54.1 Å². The van der Waals surface area contributed by atoms with Gasteiger partial charge in [0.2, 0.25) is 0 Å². The number of nitrogens with zero attached hydrogens (tertiary/aromatic N) is 13. The summed E-state index contributed by atoms with van der Waals surface area (Å²) >= 11 is 0.250. The number of carboxylic acids is 1. The third-order valence-electron chi connectivity index (χ3n) is 25.9. The number of unbranched alkanes of at least 4 members (excludes halogenated alkanes) is 2. The van der Waals surface area contributed by atoms with E-state index in [1.165, 1.54) is 32.1 Å². The number of benzene rings is 2. The topological polar surface area (TPSA) is 549 Å². The largest absolute Gasteiger partial charge is 1.00 e. The van der Waals surface area contributed by atoms with E-state index in [0.29, 0.717) is 94.6 Å². The fraction of sp³-hybridized carbons (Fsp3) is 0.681. The molecule has 0 aliphatic carbocycles. The van der Waals surface area contributed by atoms with Crippen LogP contribution in [0.3, 0.4) is 0 Å². The molecule has 3 amide bonds. The number of carboxylic acid groups (broad SMARTS) is 2. The number of nitrogens with two attached hydrogens (primary N) is 2. The van der Waals surface area contributed by atoms with E-state index in [1.807, 2.05) is 127 Å². The predicted molar refractivity (Wildman–Crippen MR) is 486 cm³/mol. The second-order valence-electron chi connectivity index (χ2n) is 36.2. The Bertz CT molecular complexity index is 4710. The number of hydrogen-bond acceptors (Lipinski definition) is 35. The van der Waals surface area contributed by atoms with Gasteiger partial charge in [-0.2, -0.15) is 18.6 Å². The van der Waals surface area contributed by atoms with E-state index in [-0.39, 0.29) is 188 Å². The number of fused-ring (bicyclic) bond motifs is 4. The number of aliphatic hydroxyl groups is 2. The summed E-state index contributed by atoms with van der Waals surface area (Å²) in [7, 11) is 10.6. The molecule has 0 spiro atoms. The number of aromatic nitrogens is 6. The molecule has 45 heteroatoms.